The highest BCUT2D eigenvalue weighted by atomic mass is 16.5. The van der Waals surface area contributed by atoms with Gasteiger partial charge in [0.25, 0.3) is 0 Å². The predicted octanol–water partition coefficient (Wildman–Crippen LogP) is 3.90. The predicted molar refractivity (Wildman–Crippen MR) is 79.8 cm³/mol. The first kappa shape index (κ1) is 14.3. The van der Waals surface area contributed by atoms with Gasteiger partial charge in [0.2, 0.25) is 0 Å². The minimum Gasteiger partial charge on any atom is -0.497 e. The van der Waals surface area contributed by atoms with Gasteiger partial charge in [-0.1, -0.05) is 12.1 Å². The van der Waals surface area contributed by atoms with E-state index in [-0.39, 0.29) is 0 Å². The SMILES string of the molecule is COc1ccc(COc2cc(C)c(C)cc2OC)cc1. The number of ether oxygens (including phenoxy) is 3. The van der Waals surface area contributed by atoms with Gasteiger partial charge in [-0.3, -0.25) is 0 Å². The van der Waals surface area contributed by atoms with E-state index in [0.717, 1.165) is 22.8 Å². The van der Waals surface area contributed by atoms with Gasteiger partial charge < -0.3 is 14.2 Å². The van der Waals surface area contributed by atoms with E-state index in [4.69, 9.17) is 14.2 Å². The quantitative estimate of drug-likeness (QED) is 0.826. The van der Waals surface area contributed by atoms with Crippen molar-refractivity contribution in [2.45, 2.75) is 20.5 Å². The summed E-state index contributed by atoms with van der Waals surface area (Å²) in [6.45, 7) is 4.63. The maximum atomic E-state index is 5.86. The molecule has 3 nitrogen and oxygen atoms in total. The Kier molecular flexibility index (Phi) is 4.51. The first-order valence-corrected chi connectivity index (χ1v) is 6.55. The van der Waals surface area contributed by atoms with E-state index >= 15 is 0 Å². The molecule has 0 saturated heterocycles. The van der Waals surface area contributed by atoms with Gasteiger partial charge in [-0.15, -0.1) is 0 Å². The molecule has 106 valence electrons. The molecule has 0 aliphatic heterocycles. The monoisotopic (exact) mass is 272 g/mol. The molecule has 0 saturated carbocycles. The molecule has 0 unspecified atom stereocenters. The van der Waals surface area contributed by atoms with Gasteiger partial charge in [-0.25, -0.2) is 0 Å². The van der Waals surface area contributed by atoms with Crippen LogP contribution in [0.1, 0.15) is 16.7 Å². The third-order valence-corrected chi connectivity index (χ3v) is 3.33. The van der Waals surface area contributed by atoms with Crippen LogP contribution in [0, 0.1) is 13.8 Å². The Morgan fingerprint density at radius 1 is 0.800 bits per heavy atom. The van der Waals surface area contributed by atoms with Gasteiger partial charge in [0, 0.05) is 0 Å². The van der Waals surface area contributed by atoms with Gasteiger partial charge in [-0.05, 0) is 54.8 Å². The third kappa shape index (κ3) is 3.23. The summed E-state index contributed by atoms with van der Waals surface area (Å²) >= 11 is 0. The number of hydrogen-bond acceptors (Lipinski definition) is 3. The molecule has 0 fully saturated rings. The molecule has 0 aromatic heterocycles. The zero-order valence-electron chi connectivity index (χ0n) is 12.4. The highest BCUT2D eigenvalue weighted by Gasteiger charge is 2.07. The van der Waals surface area contributed by atoms with Gasteiger partial charge in [0.05, 0.1) is 14.2 Å². The molecule has 0 aliphatic carbocycles. The lowest BCUT2D eigenvalue weighted by molar-refractivity contribution is 0.284. The van der Waals surface area contributed by atoms with Crippen molar-refractivity contribution in [3.05, 3.63) is 53.1 Å². The maximum absolute atomic E-state index is 5.86. The average Bonchev–Trinajstić information content (AvgIpc) is 2.48. The second-order valence-electron chi connectivity index (χ2n) is 4.72. The highest BCUT2D eigenvalue weighted by molar-refractivity contribution is 5.46. The van der Waals surface area contributed by atoms with Gasteiger partial charge in [0.15, 0.2) is 11.5 Å². The number of aryl methyl sites for hydroxylation is 2. The van der Waals surface area contributed by atoms with Crippen LogP contribution in [0.2, 0.25) is 0 Å². The van der Waals surface area contributed by atoms with Crippen LogP contribution in [0.5, 0.6) is 17.2 Å². The van der Waals surface area contributed by atoms with Crippen molar-refractivity contribution in [1.82, 2.24) is 0 Å². The zero-order valence-corrected chi connectivity index (χ0v) is 12.4. The molecule has 20 heavy (non-hydrogen) atoms. The molecular formula is C17H20O3. The largest absolute Gasteiger partial charge is 0.497 e. The Balaban J connectivity index is 2.11. The van der Waals surface area contributed by atoms with E-state index in [0.29, 0.717) is 6.61 Å². The van der Waals surface area contributed by atoms with Crippen molar-refractivity contribution in [3.63, 3.8) is 0 Å². The maximum Gasteiger partial charge on any atom is 0.161 e. The standard InChI is InChI=1S/C17H20O3/c1-12-9-16(19-4)17(10-13(12)2)20-11-14-5-7-15(18-3)8-6-14/h5-10H,11H2,1-4H3. The summed E-state index contributed by atoms with van der Waals surface area (Å²) < 4.78 is 16.4. The molecule has 0 aliphatic rings. The zero-order chi connectivity index (χ0) is 14.5. The van der Waals surface area contributed by atoms with Crippen LogP contribution in [-0.4, -0.2) is 14.2 Å². The minimum atomic E-state index is 0.503. The molecule has 0 bridgehead atoms. The van der Waals surface area contributed by atoms with Crippen LogP contribution in [0.4, 0.5) is 0 Å². The molecule has 2 aromatic carbocycles. The number of benzene rings is 2. The molecule has 3 heteroatoms. The molecular weight excluding hydrogens is 252 g/mol. The van der Waals surface area contributed by atoms with E-state index < -0.39 is 0 Å². The van der Waals surface area contributed by atoms with Crippen molar-refractivity contribution < 1.29 is 14.2 Å². The van der Waals surface area contributed by atoms with E-state index in [1.54, 1.807) is 14.2 Å². The fourth-order valence-electron chi connectivity index (χ4n) is 1.92. The molecule has 0 heterocycles. The van der Waals surface area contributed by atoms with Gasteiger partial charge in [0.1, 0.15) is 12.4 Å². The fourth-order valence-corrected chi connectivity index (χ4v) is 1.92. The summed E-state index contributed by atoms with van der Waals surface area (Å²) in [4.78, 5) is 0. The van der Waals surface area contributed by atoms with Crippen LogP contribution in [-0.2, 0) is 6.61 Å². The van der Waals surface area contributed by atoms with Crippen molar-refractivity contribution in [2.24, 2.45) is 0 Å². The average molecular weight is 272 g/mol. The molecule has 0 spiro atoms. The molecule has 2 rings (SSSR count). The lowest BCUT2D eigenvalue weighted by Crippen LogP contribution is -1.99. The Labute approximate surface area is 120 Å². The Bertz CT molecular complexity index is 574. The molecule has 0 radical (unpaired) electrons. The summed E-state index contributed by atoms with van der Waals surface area (Å²) in [7, 11) is 3.32. The van der Waals surface area contributed by atoms with Crippen molar-refractivity contribution >= 4 is 0 Å². The van der Waals surface area contributed by atoms with Crippen LogP contribution in [0.15, 0.2) is 36.4 Å². The first-order chi connectivity index (χ1) is 9.63. The lowest BCUT2D eigenvalue weighted by Gasteiger charge is -2.13. The van der Waals surface area contributed by atoms with Crippen LogP contribution in [0.25, 0.3) is 0 Å². The summed E-state index contributed by atoms with van der Waals surface area (Å²) in [5.41, 5.74) is 3.47. The third-order valence-electron chi connectivity index (χ3n) is 3.33. The van der Waals surface area contributed by atoms with Crippen molar-refractivity contribution in [1.29, 1.82) is 0 Å². The van der Waals surface area contributed by atoms with Crippen LogP contribution >= 0.6 is 0 Å². The molecule has 2 aromatic rings. The highest BCUT2D eigenvalue weighted by Crippen LogP contribution is 2.31. The van der Waals surface area contributed by atoms with E-state index in [2.05, 4.69) is 13.8 Å². The van der Waals surface area contributed by atoms with Crippen molar-refractivity contribution in [3.8, 4) is 17.2 Å². The Hall–Kier alpha value is -2.16. The first-order valence-electron chi connectivity index (χ1n) is 6.55. The van der Waals surface area contributed by atoms with E-state index in [1.807, 2.05) is 36.4 Å². The molecule has 0 N–H and O–H groups in total. The summed E-state index contributed by atoms with van der Waals surface area (Å²) in [6, 6.07) is 11.8. The second-order valence-corrected chi connectivity index (χ2v) is 4.72. The Morgan fingerprint density at radius 2 is 1.40 bits per heavy atom. The van der Waals surface area contributed by atoms with E-state index in [9.17, 15) is 0 Å². The second kappa shape index (κ2) is 6.33. The molecule has 0 amide bonds. The number of hydrogen-bond donors (Lipinski definition) is 0. The molecule has 0 atom stereocenters. The van der Waals surface area contributed by atoms with Crippen molar-refractivity contribution in [2.75, 3.05) is 14.2 Å². The van der Waals surface area contributed by atoms with Crippen LogP contribution in [0.3, 0.4) is 0 Å². The van der Waals surface area contributed by atoms with Crippen LogP contribution < -0.4 is 14.2 Å². The number of rotatable bonds is 5. The van der Waals surface area contributed by atoms with Gasteiger partial charge >= 0.3 is 0 Å². The summed E-state index contributed by atoms with van der Waals surface area (Å²) in [6.07, 6.45) is 0. The topological polar surface area (TPSA) is 27.7 Å². The summed E-state index contributed by atoms with van der Waals surface area (Å²) in [5.74, 6) is 2.38. The summed E-state index contributed by atoms with van der Waals surface area (Å²) in [5, 5.41) is 0. The normalized spacial score (nSPS) is 10.2. The fraction of sp³-hybridized carbons (Fsp3) is 0.294. The number of methoxy groups -OCH3 is 2. The van der Waals surface area contributed by atoms with E-state index in [1.165, 1.54) is 11.1 Å². The van der Waals surface area contributed by atoms with Gasteiger partial charge in [-0.2, -0.15) is 0 Å². The Morgan fingerprint density at radius 3 is 1.95 bits per heavy atom. The lowest BCUT2D eigenvalue weighted by atomic mass is 10.1. The minimum absolute atomic E-state index is 0.503. The smallest absolute Gasteiger partial charge is 0.161 e.